The number of ether oxygens (including phenoxy) is 1. The number of carbonyl (C=O) groups excluding carboxylic acids is 1. The number of hydrogen-bond acceptors (Lipinski definition) is 5. The zero-order valence-corrected chi connectivity index (χ0v) is 15.9. The van der Waals surface area contributed by atoms with Gasteiger partial charge in [0.1, 0.15) is 12.6 Å². The van der Waals surface area contributed by atoms with Crippen LogP contribution in [0.2, 0.25) is 0 Å². The summed E-state index contributed by atoms with van der Waals surface area (Å²) in [5.74, 6) is 5.16. The molecule has 0 radical (unpaired) electrons. The monoisotopic (exact) mass is 386 g/mol. The maximum absolute atomic E-state index is 12.3. The van der Waals surface area contributed by atoms with E-state index in [1.807, 2.05) is 30.5 Å². The van der Waals surface area contributed by atoms with E-state index in [0.29, 0.717) is 10.8 Å². The van der Waals surface area contributed by atoms with Crippen LogP contribution >= 0.6 is 11.8 Å². The number of hydrogen-bond donors (Lipinski definition) is 2. The summed E-state index contributed by atoms with van der Waals surface area (Å²) < 4.78 is 5.32. The first-order valence-electron chi connectivity index (χ1n) is 8.64. The molecule has 0 spiro atoms. The van der Waals surface area contributed by atoms with Crippen molar-refractivity contribution >= 4 is 23.8 Å². The zero-order chi connectivity index (χ0) is 19.4. The lowest BCUT2D eigenvalue weighted by molar-refractivity contribution is -0.142. The quantitative estimate of drug-likeness (QED) is 0.368. The molecule has 0 fully saturated rings. The lowest BCUT2D eigenvalue weighted by Crippen LogP contribution is -2.50. The van der Waals surface area contributed by atoms with E-state index in [-0.39, 0.29) is 13.0 Å². The third-order valence-electron chi connectivity index (χ3n) is 4.73. The van der Waals surface area contributed by atoms with Gasteiger partial charge in [0.25, 0.3) is 0 Å². The van der Waals surface area contributed by atoms with Gasteiger partial charge in [-0.05, 0) is 52.7 Å². The van der Waals surface area contributed by atoms with E-state index in [0.717, 1.165) is 23.1 Å². The van der Waals surface area contributed by atoms with Crippen LogP contribution in [0.5, 0.6) is 0 Å². The van der Waals surface area contributed by atoms with Crippen LogP contribution in [0.15, 0.2) is 42.5 Å². The Hall–Kier alpha value is -2.51. The van der Waals surface area contributed by atoms with Crippen LogP contribution < -0.4 is 5.84 Å². The van der Waals surface area contributed by atoms with Gasteiger partial charge in [0.2, 0.25) is 0 Å². The molecule has 0 aliphatic heterocycles. The molecular formula is C20H22N2O4S. The number of nitrogens with two attached hydrogens (primary N) is 1. The molecule has 6 nitrogen and oxygen atoms in total. The Kier molecular flexibility index (Phi) is 6.03. The second-order valence-corrected chi connectivity index (χ2v) is 7.36. The normalized spacial score (nSPS) is 12.8. The largest absolute Gasteiger partial charge is 0.480 e. The molecule has 3 N–H and O–H groups in total. The number of thioether (sulfide) groups is 1. The van der Waals surface area contributed by atoms with E-state index in [9.17, 15) is 14.7 Å². The van der Waals surface area contributed by atoms with E-state index in [1.165, 1.54) is 22.9 Å². The molecule has 1 unspecified atom stereocenters. The number of rotatable bonds is 7. The minimum Gasteiger partial charge on any atom is -0.480 e. The summed E-state index contributed by atoms with van der Waals surface area (Å²) in [5.41, 5.74) is 5.62. The van der Waals surface area contributed by atoms with Crippen molar-refractivity contribution in [2.45, 2.75) is 25.5 Å². The maximum atomic E-state index is 12.3. The van der Waals surface area contributed by atoms with Crippen LogP contribution in [-0.2, 0) is 22.6 Å². The SMILES string of the molecule is CSCCC(C(=O)O)N(N)C(=O)OCc1cccc2c1Cc1ccccc1-2. The maximum Gasteiger partial charge on any atom is 0.425 e. The summed E-state index contributed by atoms with van der Waals surface area (Å²) in [5, 5.41) is 9.97. The highest BCUT2D eigenvalue weighted by molar-refractivity contribution is 7.98. The molecule has 0 saturated heterocycles. The Morgan fingerprint density at radius 1 is 1.22 bits per heavy atom. The van der Waals surface area contributed by atoms with E-state index >= 15 is 0 Å². The molecule has 1 atom stereocenters. The van der Waals surface area contributed by atoms with Crippen molar-refractivity contribution < 1.29 is 19.4 Å². The van der Waals surface area contributed by atoms with Crippen molar-refractivity contribution in [1.82, 2.24) is 5.01 Å². The minimum atomic E-state index is -1.14. The summed E-state index contributed by atoms with van der Waals surface area (Å²) in [7, 11) is 0. The molecule has 142 valence electrons. The van der Waals surface area contributed by atoms with Crippen LogP contribution in [0.3, 0.4) is 0 Å². The summed E-state index contributed by atoms with van der Waals surface area (Å²) >= 11 is 1.50. The lowest BCUT2D eigenvalue weighted by atomic mass is 10.0. The predicted octanol–water partition coefficient (Wildman–Crippen LogP) is 3.28. The van der Waals surface area contributed by atoms with Gasteiger partial charge in [-0.3, -0.25) is 0 Å². The van der Waals surface area contributed by atoms with Crippen molar-refractivity contribution in [3.05, 3.63) is 59.2 Å². The Morgan fingerprint density at radius 2 is 1.96 bits per heavy atom. The Balaban J connectivity index is 1.69. The van der Waals surface area contributed by atoms with Crippen molar-refractivity contribution in [1.29, 1.82) is 0 Å². The number of carbonyl (C=O) groups is 2. The molecule has 2 aromatic carbocycles. The lowest BCUT2D eigenvalue weighted by Gasteiger charge is -2.23. The molecule has 1 aliphatic carbocycles. The van der Waals surface area contributed by atoms with Crippen molar-refractivity contribution in [2.75, 3.05) is 12.0 Å². The number of carboxylic acid groups (broad SMARTS) is 1. The summed E-state index contributed by atoms with van der Waals surface area (Å²) in [6.07, 6.45) is 2.08. The molecule has 0 aromatic heterocycles. The Labute approximate surface area is 162 Å². The fourth-order valence-electron chi connectivity index (χ4n) is 3.31. The first-order chi connectivity index (χ1) is 13.0. The summed E-state index contributed by atoms with van der Waals surface area (Å²) in [6.45, 7) is 0.0541. The number of nitrogens with zero attached hydrogens (tertiary/aromatic N) is 1. The minimum absolute atomic E-state index is 0.0541. The highest BCUT2D eigenvalue weighted by Crippen LogP contribution is 2.38. The predicted molar refractivity (Wildman–Crippen MR) is 105 cm³/mol. The Morgan fingerprint density at radius 3 is 2.70 bits per heavy atom. The van der Waals surface area contributed by atoms with Gasteiger partial charge in [-0.15, -0.1) is 0 Å². The molecule has 0 bridgehead atoms. The molecule has 2 aromatic rings. The third kappa shape index (κ3) is 4.09. The van der Waals surface area contributed by atoms with Crippen molar-refractivity contribution in [2.24, 2.45) is 5.84 Å². The standard InChI is InChI=1S/C20H22N2O4S/c1-27-10-9-18(19(23)24)22(21)20(25)26-12-14-6-4-8-16-15-7-3-2-5-13(15)11-17(14)16/h2-8,18H,9-12,21H2,1H3,(H,23,24). The van der Waals surface area contributed by atoms with E-state index < -0.39 is 18.1 Å². The van der Waals surface area contributed by atoms with Gasteiger partial charge in [0.15, 0.2) is 0 Å². The number of fused-ring (bicyclic) bond motifs is 3. The summed E-state index contributed by atoms with van der Waals surface area (Å²) in [4.78, 5) is 23.6. The highest BCUT2D eigenvalue weighted by atomic mass is 32.2. The second-order valence-electron chi connectivity index (χ2n) is 6.37. The van der Waals surface area contributed by atoms with Crippen LogP contribution in [0.1, 0.15) is 23.1 Å². The zero-order valence-electron chi connectivity index (χ0n) is 15.1. The average molecular weight is 386 g/mol. The number of aliphatic carboxylic acids is 1. The Bertz CT molecular complexity index is 856. The fourth-order valence-corrected chi connectivity index (χ4v) is 3.77. The molecular weight excluding hydrogens is 364 g/mol. The van der Waals surface area contributed by atoms with Gasteiger partial charge in [0, 0.05) is 0 Å². The summed E-state index contributed by atoms with van der Waals surface area (Å²) in [6, 6.07) is 13.0. The first kappa shape index (κ1) is 19.3. The smallest absolute Gasteiger partial charge is 0.425 e. The highest BCUT2D eigenvalue weighted by Gasteiger charge is 2.28. The van der Waals surface area contributed by atoms with Gasteiger partial charge < -0.3 is 9.84 Å². The van der Waals surface area contributed by atoms with Crippen LogP contribution in [-0.4, -0.2) is 40.2 Å². The van der Waals surface area contributed by atoms with Crippen LogP contribution in [0.25, 0.3) is 11.1 Å². The topological polar surface area (TPSA) is 92.9 Å². The van der Waals surface area contributed by atoms with E-state index in [2.05, 4.69) is 18.2 Å². The van der Waals surface area contributed by atoms with Crippen molar-refractivity contribution in [3.8, 4) is 11.1 Å². The molecule has 0 saturated carbocycles. The van der Waals surface area contributed by atoms with Crippen LogP contribution in [0, 0.1) is 0 Å². The number of amides is 1. The van der Waals surface area contributed by atoms with Gasteiger partial charge in [-0.2, -0.15) is 11.8 Å². The third-order valence-corrected chi connectivity index (χ3v) is 5.37. The van der Waals surface area contributed by atoms with Gasteiger partial charge in [-0.1, -0.05) is 42.5 Å². The van der Waals surface area contributed by atoms with Crippen molar-refractivity contribution in [3.63, 3.8) is 0 Å². The molecule has 0 heterocycles. The van der Waals surface area contributed by atoms with E-state index in [1.54, 1.807) is 0 Å². The second kappa shape index (κ2) is 8.45. The molecule has 7 heteroatoms. The first-order valence-corrected chi connectivity index (χ1v) is 10.0. The van der Waals surface area contributed by atoms with Crippen LogP contribution in [0.4, 0.5) is 4.79 Å². The van der Waals surface area contributed by atoms with Gasteiger partial charge >= 0.3 is 12.1 Å². The molecule has 27 heavy (non-hydrogen) atoms. The van der Waals surface area contributed by atoms with Gasteiger partial charge in [0.05, 0.1) is 0 Å². The molecule has 1 amide bonds. The number of hydrazine groups is 1. The van der Waals surface area contributed by atoms with E-state index in [4.69, 9.17) is 10.6 Å². The van der Waals surface area contributed by atoms with Gasteiger partial charge in [-0.25, -0.2) is 20.4 Å². The number of benzene rings is 2. The molecule has 1 aliphatic rings. The fraction of sp³-hybridized carbons (Fsp3) is 0.300. The molecule has 3 rings (SSSR count). The number of carboxylic acids is 1. The average Bonchev–Trinajstić information content (AvgIpc) is 3.05.